The smallest absolute Gasteiger partial charge is 0.0786 e. The first kappa shape index (κ1) is 21.0. The molecule has 0 N–H and O–H groups in total. The molecule has 0 amide bonds. The van der Waals surface area contributed by atoms with E-state index in [2.05, 4.69) is 121 Å². The molecule has 0 saturated carbocycles. The molecule has 1 aromatic heterocycles. The van der Waals surface area contributed by atoms with Crippen LogP contribution in [-0.2, 0) is 11.8 Å². The van der Waals surface area contributed by atoms with Crippen molar-refractivity contribution in [3.8, 4) is 11.1 Å². The summed E-state index contributed by atoms with van der Waals surface area (Å²) < 4.78 is 0. The fraction of sp³-hybridized carbons (Fsp3) is 0. The number of hydrogen-bond acceptors (Lipinski definition) is 2. The Morgan fingerprint density at radius 1 is 0.529 bits per heavy atom. The number of fused-ring (bicyclic) bond motifs is 3. The van der Waals surface area contributed by atoms with Crippen LogP contribution in [0.5, 0.6) is 0 Å². The standard InChI is InChI=1S/C31H22NPS/c34-33(25-11-3-1-4-12-25,26-13-5-2-6-14-26)27-19-17-23(18-20-27)30-22-24-10-7-8-15-28(24)31-29(30)16-9-21-32-31/h1-22H. The van der Waals surface area contributed by atoms with E-state index in [4.69, 9.17) is 16.8 Å². The zero-order valence-corrected chi connectivity index (χ0v) is 20.2. The number of pyridine rings is 1. The van der Waals surface area contributed by atoms with Crippen molar-refractivity contribution in [2.45, 2.75) is 0 Å². The molecule has 0 aliphatic rings. The molecular formula is C31H22NPS. The summed E-state index contributed by atoms with van der Waals surface area (Å²) in [6, 6.07) is 42.8. The number of nitrogens with zero attached hydrogens (tertiary/aromatic N) is 1. The van der Waals surface area contributed by atoms with Crippen LogP contribution in [0.4, 0.5) is 0 Å². The van der Waals surface area contributed by atoms with Gasteiger partial charge in [0.1, 0.15) is 0 Å². The topological polar surface area (TPSA) is 12.9 Å². The van der Waals surface area contributed by atoms with Crippen molar-refractivity contribution in [2.24, 2.45) is 0 Å². The maximum Gasteiger partial charge on any atom is 0.0786 e. The summed E-state index contributed by atoms with van der Waals surface area (Å²) in [5, 5.41) is 7.17. The van der Waals surface area contributed by atoms with Gasteiger partial charge in [-0.3, -0.25) is 4.98 Å². The van der Waals surface area contributed by atoms with E-state index >= 15 is 0 Å². The van der Waals surface area contributed by atoms with Crippen LogP contribution in [0.3, 0.4) is 0 Å². The Bertz CT molecular complexity index is 1620. The van der Waals surface area contributed by atoms with Gasteiger partial charge in [0.05, 0.1) is 5.52 Å². The number of benzene rings is 5. The van der Waals surface area contributed by atoms with Crippen molar-refractivity contribution in [1.29, 1.82) is 0 Å². The van der Waals surface area contributed by atoms with E-state index in [1.807, 2.05) is 12.3 Å². The van der Waals surface area contributed by atoms with E-state index in [-0.39, 0.29) is 0 Å². The van der Waals surface area contributed by atoms with Crippen LogP contribution in [0, 0.1) is 0 Å². The molecule has 0 spiro atoms. The number of rotatable bonds is 4. The van der Waals surface area contributed by atoms with Gasteiger partial charge in [-0.25, -0.2) is 0 Å². The van der Waals surface area contributed by atoms with Crippen LogP contribution in [-0.4, -0.2) is 4.98 Å². The predicted molar refractivity (Wildman–Crippen MR) is 151 cm³/mol. The molecule has 0 aliphatic carbocycles. The third-order valence-corrected chi connectivity index (χ3v) is 11.4. The highest BCUT2D eigenvalue weighted by Crippen LogP contribution is 2.43. The first-order chi connectivity index (χ1) is 16.7. The lowest BCUT2D eigenvalue weighted by atomic mass is 9.96. The third-order valence-electron chi connectivity index (χ3n) is 6.40. The summed E-state index contributed by atoms with van der Waals surface area (Å²) in [5.41, 5.74) is 3.41. The zero-order valence-electron chi connectivity index (χ0n) is 18.5. The van der Waals surface area contributed by atoms with Gasteiger partial charge < -0.3 is 0 Å². The fourth-order valence-electron chi connectivity index (χ4n) is 4.72. The molecule has 6 rings (SSSR count). The van der Waals surface area contributed by atoms with Crippen LogP contribution >= 0.6 is 6.04 Å². The highest BCUT2D eigenvalue weighted by Gasteiger charge is 2.24. The molecule has 0 radical (unpaired) electrons. The Morgan fingerprint density at radius 2 is 1.09 bits per heavy atom. The van der Waals surface area contributed by atoms with Crippen molar-refractivity contribution in [3.05, 3.63) is 134 Å². The SMILES string of the molecule is S=P(c1ccccc1)(c1ccccc1)c1ccc(-c2cc3ccccc3c3ncccc23)cc1. The van der Waals surface area contributed by atoms with E-state index in [1.165, 1.54) is 43.2 Å². The lowest BCUT2D eigenvalue weighted by Gasteiger charge is -2.24. The lowest BCUT2D eigenvalue weighted by Crippen LogP contribution is -2.24. The summed E-state index contributed by atoms with van der Waals surface area (Å²) >= 11 is 6.50. The largest absolute Gasteiger partial charge is 0.256 e. The van der Waals surface area contributed by atoms with Gasteiger partial charge in [0.2, 0.25) is 0 Å². The minimum absolute atomic E-state index is 1.04. The number of aromatic nitrogens is 1. The quantitative estimate of drug-likeness (QED) is 0.207. The molecule has 1 nitrogen and oxygen atoms in total. The van der Waals surface area contributed by atoms with Gasteiger partial charge in [-0.2, -0.15) is 0 Å². The Kier molecular flexibility index (Phi) is 5.34. The van der Waals surface area contributed by atoms with Gasteiger partial charge in [0.15, 0.2) is 0 Å². The highest BCUT2D eigenvalue weighted by atomic mass is 32.4. The molecule has 0 saturated heterocycles. The van der Waals surface area contributed by atoms with Crippen LogP contribution in [0.2, 0.25) is 0 Å². The van der Waals surface area contributed by atoms with Crippen molar-refractivity contribution in [2.75, 3.05) is 0 Å². The average Bonchev–Trinajstić information content (AvgIpc) is 2.93. The monoisotopic (exact) mass is 471 g/mol. The van der Waals surface area contributed by atoms with Gasteiger partial charge in [0.25, 0.3) is 0 Å². The molecule has 34 heavy (non-hydrogen) atoms. The second kappa shape index (κ2) is 8.65. The fourth-order valence-corrected chi connectivity index (χ4v) is 8.46. The maximum atomic E-state index is 6.50. The summed E-state index contributed by atoms with van der Waals surface area (Å²) in [4.78, 5) is 4.72. The van der Waals surface area contributed by atoms with Gasteiger partial charge in [-0.1, -0.05) is 127 Å². The van der Waals surface area contributed by atoms with Crippen LogP contribution in [0.25, 0.3) is 32.8 Å². The predicted octanol–water partition coefficient (Wildman–Crippen LogP) is 6.81. The van der Waals surface area contributed by atoms with Crippen molar-refractivity contribution in [1.82, 2.24) is 4.98 Å². The molecule has 6 aromatic rings. The molecule has 0 atom stereocenters. The Labute approximate surface area is 204 Å². The minimum atomic E-state index is -2.15. The average molecular weight is 472 g/mol. The van der Waals surface area contributed by atoms with Gasteiger partial charge in [0, 0.05) is 23.0 Å². The number of hydrogen-bond donors (Lipinski definition) is 0. The second-order valence-corrected chi connectivity index (χ2v) is 12.8. The van der Waals surface area contributed by atoms with Gasteiger partial charge in [-0.15, -0.1) is 0 Å². The van der Waals surface area contributed by atoms with E-state index < -0.39 is 6.04 Å². The second-order valence-electron chi connectivity index (χ2n) is 8.37. The first-order valence-electron chi connectivity index (χ1n) is 11.3. The molecule has 0 unspecified atom stereocenters. The first-order valence-corrected chi connectivity index (χ1v) is 14.1. The zero-order chi connectivity index (χ0) is 23.0. The normalized spacial score (nSPS) is 11.6. The molecule has 162 valence electrons. The van der Waals surface area contributed by atoms with Gasteiger partial charge >= 0.3 is 0 Å². The van der Waals surface area contributed by atoms with E-state index in [9.17, 15) is 0 Å². The summed E-state index contributed by atoms with van der Waals surface area (Å²) in [6.07, 6.45) is 1.87. The third kappa shape index (κ3) is 3.47. The molecule has 0 aliphatic heterocycles. The Morgan fingerprint density at radius 3 is 1.76 bits per heavy atom. The molecule has 5 aromatic carbocycles. The van der Waals surface area contributed by atoms with Crippen LogP contribution < -0.4 is 15.9 Å². The van der Waals surface area contributed by atoms with Crippen LogP contribution in [0.15, 0.2) is 134 Å². The molecular weight excluding hydrogens is 449 g/mol. The maximum absolute atomic E-state index is 6.50. The Hall–Kier alpha value is -3.58. The minimum Gasteiger partial charge on any atom is -0.256 e. The summed E-state index contributed by atoms with van der Waals surface area (Å²) in [5.74, 6) is 0. The lowest BCUT2D eigenvalue weighted by molar-refractivity contribution is 1.43. The Balaban J connectivity index is 1.53. The van der Waals surface area contributed by atoms with E-state index in [0.29, 0.717) is 0 Å². The van der Waals surface area contributed by atoms with E-state index in [0.717, 1.165) is 5.52 Å². The van der Waals surface area contributed by atoms with E-state index in [1.54, 1.807) is 0 Å². The highest BCUT2D eigenvalue weighted by molar-refractivity contribution is 8.25. The van der Waals surface area contributed by atoms with Crippen molar-refractivity contribution in [3.63, 3.8) is 0 Å². The van der Waals surface area contributed by atoms with Crippen molar-refractivity contribution >= 4 is 55.4 Å². The molecule has 0 fully saturated rings. The van der Waals surface area contributed by atoms with Gasteiger partial charge in [-0.05, 0) is 44.6 Å². The molecule has 1 heterocycles. The van der Waals surface area contributed by atoms with Crippen molar-refractivity contribution < 1.29 is 0 Å². The summed E-state index contributed by atoms with van der Waals surface area (Å²) in [7, 11) is 0. The van der Waals surface area contributed by atoms with Crippen LogP contribution in [0.1, 0.15) is 0 Å². The summed E-state index contributed by atoms with van der Waals surface area (Å²) in [6.45, 7) is 0. The molecule has 0 bridgehead atoms. The molecule has 3 heteroatoms.